The average molecular weight is 561 g/mol. The smallest absolute Gasteiger partial charge is 0.252 e. The van der Waals surface area contributed by atoms with Crippen LogP contribution in [0.1, 0.15) is 46.6 Å². The average Bonchev–Trinajstić information content (AvgIpc) is 3.58. The number of hydrogen-bond acceptors (Lipinski definition) is 10. The summed E-state index contributed by atoms with van der Waals surface area (Å²) in [5.74, 6) is 0.994. The van der Waals surface area contributed by atoms with E-state index < -0.39 is 37.0 Å². The molecule has 1 saturated heterocycles. The van der Waals surface area contributed by atoms with E-state index in [0.29, 0.717) is 28.5 Å². The maximum Gasteiger partial charge on any atom is 0.252 e. The van der Waals surface area contributed by atoms with E-state index in [-0.39, 0.29) is 11.6 Å². The van der Waals surface area contributed by atoms with Gasteiger partial charge in [0.25, 0.3) is 5.91 Å². The second-order valence-corrected chi connectivity index (χ2v) is 10.2. The van der Waals surface area contributed by atoms with Crippen molar-refractivity contribution in [3.05, 3.63) is 71.8 Å². The van der Waals surface area contributed by atoms with Gasteiger partial charge in [-0.15, -0.1) is 0 Å². The Morgan fingerprint density at radius 3 is 2.66 bits per heavy atom. The Labute approximate surface area is 236 Å². The highest BCUT2D eigenvalue weighted by Crippen LogP contribution is 2.36. The Kier molecular flexibility index (Phi) is 7.43. The minimum absolute atomic E-state index is 0.0819. The fraction of sp³-hybridized carbons (Fsp3) is 0.379. The standard InChI is InChI=1S/C29H32N6O6/c1-39-18-10-17(11-19(12-18)40-2)28(38)34-23-25(37)22(13-36)41-29(23)35-15-32-24-26(30-14-31-27(24)35)33-21-9-5-7-16-6-3-4-8-20(16)21/h3-4,6,8,10-12,14-15,21-23,25,29,36-37H,5,7,9,13H2,1-2H3,(H,34,38)(H,30,31,33)/t21?,22-,23-,25-,29-/m1/s1. The summed E-state index contributed by atoms with van der Waals surface area (Å²) in [5.41, 5.74) is 3.84. The molecular formula is C29H32N6O6. The number of imidazole rings is 1. The molecule has 1 aliphatic heterocycles. The molecule has 0 bridgehead atoms. The van der Waals surface area contributed by atoms with E-state index >= 15 is 0 Å². The van der Waals surface area contributed by atoms with Crippen LogP contribution in [0.25, 0.3) is 11.2 Å². The van der Waals surface area contributed by atoms with E-state index in [0.717, 1.165) is 19.3 Å². The molecule has 0 spiro atoms. The number of rotatable bonds is 8. The van der Waals surface area contributed by atoms with Crippen molar-refractivity contribution in [2.75, 3.05) is 26.1 Å². The number of amides is 1. The summed E-state index contributed by atoms with van der Waals surface area (Å²) >= 11 is 0. The molecule has 6 rings (SSSR count). The van der Waals surface area contributed by atoms with Gasteiger partial charge in [-0.1, -0.05) is 24.3 Å². The number of aromatic nitrogens is 4. The first-order valence-electron chi connectivity index (χ1n) is 13.5. The van der Waals surface area contributed by atoms with Crippen LogP contribution < -0.4 is 20.1 Å². The highest BCUT2D eigenvalue weighted by atomic mass is 16.5. The summed E-state index contributed by atoms with van der Waals surface area (Å²) in [6.07, 6.45) is 3.04. The van der Waals surface area contributed by atoms with Gasteiger partial charge in [0, 0.05) is 11.6 Å². The van der Waals surface area contributed by atoms with Gasteiger partial charge in [0.2, 0.25) is 0 Å². The van der Waals surface area contributed by atoms with Crippen molar-refractivity contribution < 1.29 is 29.2 Å². The molecule has 4 aromatic rings. The third-order valence-electron chi connectivity index (χ3n) is 7.77. The number of anilines is 1. The molecule has 12 nitrogen and oxygen atoms in total. The van der Waals surface area contributed by atoms with Crippen molar-refractivity contribution in [1.29, 1.82) is 0 Å². The first-order valence-corrected chi connectivity index (χ1v) is 13.5. The third kappa shape index (κ3) is 5.05. The molecular weight excluding hydrogens is 528 g/mol. The molecule has 3 heterocycles. The second kappa shape index (κ2) is 11.3. The van der Waals surface area contributed by atoms with Gasteiger partial charge >= 0.3 is 0 Å². The predicted octanol–water partition coefficient (Wildman–Crippen LogP) is 2.38. The number of nitrogens with zero attached hydrogens (tertiary/aromatic N) is 4. The quantitative estimate of drug-likeness (QED) is 0.253. The molecule has 41 heavy (non-hydrogen) atoms. The maximum absolute atomic E-state index is 13.3. The summed E-state index contributed by atoms with van der Waals surface area (Å²) in [4.78, 5) is 26.8. The second-order valence-electron chi connectivity index (χ2n) is 10.2. The van der Waals surface area contributed by atoms with Crippen LogP contribution in [0, 0.1) is 0 Å². The van der Waals surface area contributed by atoms with E-state index in [2.05, 4.69) is 43.8 Å². The van der Waals surface area contributed by atoms with Crippen LogP contribution in [0.5, 0.6) is 11.5 Å². The van der Waals surface area contributed by atoms with Crippen molar-refractivity contribution in [2.45, 2.75) is 49.8 Å². The van der Waals surface area contributed by atoms with Crippen LogP contribution in [0.2, 0.25) is 0 Å². The van der Waals surface area contributed by atoms with Gasteiger partial charge in [-0.2, -0.15) is 0 Å². The Morgan fingerprint density at radius 2 is 1.90 bits per heavy atom. The van der Waals surface area contributed by atoms with Gasteiger partial charge < -0.3 is 35.1 Å². The number of nitrogens with one attached hydrogen (secondary N) is 2. The van der Waals surface area contributed by atoms with Crippen molar-refractivity contribution in [1.82, 2.24) is 24.8 Å². The number of carbonyl (C=O) groups is 1. The third-order valence-corrected chi connectivity index (χ3v) is 7.77. The fourth-order valence-electron chi connectivity index (χ4n) is 5.68. The van der Waals surface area contributed by atoms with Crippen molar-refractivity contribution >= 4 is 22.9 Å². The fourth-order valence-corrected chi connectivity index (χ4v) is 5.68. The molecule has 2 aromatic heterocycles. The van der Waals surface area contributed by atoms with Crippen molar-refractivity contribution in [2.24, 2.45) is 0 Å². The van der Waals surface area contributed by atoms with E-state index in [4.69, 9.17) is 14.2 Å². The highest BCUT2D eigenvalue weighted by molar-refractivity contribution is 5.95. The number of methoxy groups -OCH3 is 2. The van der Waals surface area contributed by atoms with Gasteiger partial charge in [0.15, 0.2) is 23.2 Å². The van der Waals surface area contributed by atoms with Crippen LogP contribution in [-0.2, 0) is 11.2 Å². The highest BCUT2D eigenvalue weighted by Gasteiger charge is 2.46. The SMILES string of the molecule is COc1cc(OC)cc(C(=O)N[C@@H]2[C@H](O)[C@@H](CO)O[C@H]2n2cnc3c(NC4CCCc5ccccc54)ncnc32)c1. The lowest BCUT2D eigenvalue weighted by atomic mass is 9.88. The molecule has 1 aliphatic carbocycles. The topological polar surface area (TPSA) is 153 Å². The number of ether oxygens (including phenoxy) is 3. The zero-order valence-electron chi connectivity index (χ0n) is 22.7. The minimum atomic E-state index is -1.20. The van der Waals surface area contributed by atoms with Crippen molar-refractivity contribution in [3.63, 3.8) is 0 Å². The van der Waals surface area contributed by atoms with Gasteiger partial charge in [0.05, 0.1) is 33.2 Å². The Balaban J connectivity index is 1.30. The Morgan fingerprint density at radius 1 is 1.12 bits per heavy atom. The summed E-state index contributed by atoms with van der Waals surface area (Å²) < 4.78 is 18.2. The largest absolute Gasteiger partial charge is 0.497 e. The van der Waals surface area contributed by atoms with E-state index in [9.17, 15) is 15.0 Å². The number of carbonyl (C=O) groups excluding carboxylic acids is 1. The zero-order valence-corrected chi connectivity index (χ0v) is 22.7. The molecule has 0 saturated carbocycles. The lowest BCUT2D eigenvalue weighted by molar-refractivity contribution is -0.0440. The number of benzene rings is 2. The first-order chi connectivity index (χ1) is 20.0. The minimum Gasteiger partial charge on any atom is -0.497 e. The van der Waals surface area contributed by atoms with E-state index in [1.54, 1.807) is 29.1 Å². The van der Waals surface area contributed by atoms with Crippen LogP contribution in [0.3, 0.4) is 0 Å². The van der Waals surface area contributed by atoms with Gasteiger partial charge in [-0.05, 0) is 42.5 Å². The van der Waals surface area contributed by atoms with Crippen molar-refractivity contribution in [3.8, 4) is 11.5 Å². The zero-order chi connectivity index (χ0) is 28.5. The van der Waals surface area contributed by atoms with Crippen LogP contribution in [-0.4, -0.2) is 74.7 Å². The maximum atomic E-state index is 13.3. The molecule has 2 aliphatic rings. The molecule has 2 aromatic carbocycles. The molecule has 5 atom stereocenters. The normalized spacial score (nSPS) is 23.7. The predicted molar refractivity (Wildman–Crippen MR) is 149 cm³/mol. The molecule has 4 N–H and O–H groups in total. The molecule has 214 valence electrons. The number of fused-ring (bicyclic) bond motifs is 2. The van der Waals surface area contributed by atoms with Gasteiger partial charge in [0.1, 0.15) is 36.1 Å². The lowest BCUT2D eigenvalue weighted by Crippen LogP contribution is -2.46. The van der Waals surface area contributed by atoms with Gasteiger partial charge in [-0.3, -0.25) is 9.36 Å². The number of hydrogen-bond donors (Lipinski definition) is 4. The number of aliphatic hydroxyl groups excluding tert-OH is 2. The van der Waals surface area contributed by atoms with Crippen LogP contribution in [0.4, 0.5) is 5.82 Å². The number of aliphatic hydroxyl groups is 2. The first kappa shape index (κ1) is 26.9. The van der Waals surface area contributed by atoms with Gasteiger partial charge in [-0.25, -0.2) is 15.0 Å². The molecule has 1 fully saturated rings. The molecule has 1 amide bonds. The Hall–Kier alpha value is -4.26. The molecule has 0 radical (unpaired) electrons. The lowest BCUT2D eigenvalue weighted by Gasteiger charge is -2.26. The monoisotopic (exact) mass is 560 g/mol. The molecule has 12 heteroatoms. The van der Waals surface area contributed by atoms with Crippen LogP contribution >= 0.6 is 0 Å². The summed E-state index contributed by atoms with van der Waals surface area (Å²) in [7, 11) is 2.99. The summed E-state index contributed by atoms with van der Waals surface area (Å²) in [6, 6.07) is 12.3. The molecule has 1 unspecified atom stereocenters. The number of aryl methyl sites for hydroxylation is 1. The van der Waals surface area contributed by atoms with E-state index in [1.807, 2.05) is 6.07 Å². The summed E-state index contributed by atoms with van der Waals surface area (Å²) in [5, 5.41) is 27.3. The Bertz CT molecular complexity index is 1540. The van der Waals surface area contributed by atoms with Crippen LogP contribution in [0.15, 0.2) is 55.1 Å². The van der Waals surface area contributed by atoms with E-state index in [1.165, 1.54) is 31.7 Å². The summed E-state index contributed by atoms with van der Waals surface area (Å²) in [6.45, 7) is -0.438.